The van der Waals surface area contributed by atoms with Crippen LogP contribution < -0.4 is 9.62 Å². The summed E-state index contributed by atoms with van der Waals surface area (Å²) in [4.78, 5) is 24.7. The SMILES string of the molecule is N#CCN(C(=O)COC(=O)CCNS(=O)(=O)c1ccc(F)c(F)c1)c1ccccc1. The summed E-state index contributed by atoms with van der Waals surface area (Å²) in [6.45, 7) is -1.26. The number of anilines is 1. The molecule has 0 aromatic heterocycles. The first-order valence-corrected chi connectivity index (χ1v) is 10.1. The Labute approximate surface area is 171 Å². The standard InChI is InChI=1S/C19H17F2N3O5S/c20-16-7-6-15(12-17(16)21)30(27,28)23-10-8-19(26)29-13-18(25)24(11-9-22)14-4-2-1-3-5-14/h1-7,12,23H,8,10-11,13H2. The topological polar surface area (TPSA) is 117 Å². The summed E-state index contributed by atoms with van der Waals surface area (Å²) in [5, 5.41) is 8.88. The maximum atomic E-state index is 13.2. The zero-order valence-corrected chi connectivity index (χ0v) is 16.4. The van der Waals surface area contributed by atoms with Gasteiger partial charge in [-0.1, -0.05) is 18.2 Å². The number of nitriles is 1. The molecular formula is C19H17F2N3O5S. The number of hydrogen-bond donors (Lipinski definition) is 1. The van der Waals surface area contributed by atoms with Crippen molar-refractivity contribution in [3.63, 3.8) is 0 Å². The average molecular weight is 437 g/mol. The lowest BCUT2D eigenvalue weighted by Crippen LogP contribution is -2.35. The summed E-state index contributed by atoms with van der Waals surface area (Å²) in [7, 11) is -4.16. The molecule has 11 heteroatoms. The Balaban J connectivity index is 1.85. The van der Waals surface area contributed by atoms with Crippen molar-refractivity contribution in [1.29, 1.82) is 5.26 Å². The number of sulfonamides is 1. The number of ether oxygens (including phenoxy) is 1. The molecule has 0 unspecified atom stereocenters. The van der Waals surface area contributed by atoms with E-state index >= 15 is 0 Å². The molecule has 8 nitrogen and oxygen atoms in total. The molecule has 1 amide bonds. The van der Waals surface area contributed by atoms with Gasteiger partial charge in [-0.05, 0) is 30.3 Å². The van der Waals surface area contributed by atoms with Crippen LogP contribution in [0.4, 0.5) is 14.5 Å². The Hall–Kier alpha value is -3.36. The van der Waals surface area contributed by atoms with E-state index < -0.39 is 51.5 Å². The van der Waals surface area contributed by atoms with Crippen molar-refractivity contribution >= 4 is 27.6 Å². The third kappa shape index (κ3) is 6.33. The lowest BCUT2D eigenvalue weighted by atomic mass is 10.3. The van der Waals surface area contributed by atoms with Crippen molar-refractivity contribution in [3.8, 4) is 6.07 Å². The number of halogens is 2. The molecular weight excluding hydrogens is 420 g/mol. The van der Waals surface area contributed by atoms with Gasteiger partial charge >= 0.3 is 5.97 Å². The van der Waals surface area contributed by atoms with E-state index in [1.807, 2.05) is 6.07 Å². The molecule has 1 N–H and O–H groups in total. The number of carbonyl (C=O) groups is 2. The zero-order valence-electron chi connectivity index (χ0n) is 15.5. The van der Waals surface area contributed by atoms with Crippen molar-refractivity contribution in [2.75, 3.05) is 24.6 Å². The number of rotatable bonds is 9. The van der Waals surface area contributed by atoms with Crippen LogP contribution in [0.5, 0.6) is 0 Å². The number of esters is 1. The fourth-order valence-corrected chi connectivity index (χ4v) is 3.35. The van der Waals surface area contributed by atoms with E-state index in [-0.39, 0.29) is 13.1 Å². The van der Waals surface area contributed by atoms with Crippen LogP contribution in [0, 0.1) is 23.0 Å². The third-order valence-corrected chi connectivity index (χ3v) is 5.24. The quantitative estimate of drug-likeness (QED) is 0.472. The van der Waals surface area contributed by atoms with Gasteiger partial charge in [-0.3, -0.25) is 14.5 Å². The highest BCUT2D eigenvalue weighted by molar-refractivity contribution is 7.89. The number of hydrogen-bond acceptors (Lipinski definition) is 6. The maximum Gasteiger partial charge on any atom is 0.307 e. The molecule has 0 fully saturated rings. The van der Waals surface area contributed by atoms with Gasteiger partial charge in [0.25, 0.3) is 5.91 Å². The van der Waals surface area contributed by atoms with Gasteiger partial charge < -0.3 is 4.74 Å². The fourth-order valence-electron chi connectivity index (χ4n) is 2.31. The number of nitrogens with zero attached hydrogens (tertiary/aromatic N) is 2. The second kappa shape index (κ2) is 10.4. The average Bonchev–Trinajstić information content (AvgIpc) is 2.72. The van der Waals surface area contributed by atoms with Crippen LogP contribution in [0.2, 0.25) is 0 Å². The Bertz CT molecular complexity index is 1060. The van der Waals surface area contributed by atoms with Crippen LogP contribution in [0.25, 0.3) is 0 Å². The molecule has 158 valence electrons. The molecule has 2 aromatic carbocycles. The first-order chi connectivity index (χ1) is 14.2. The Kier molecular flexibility index (Phi) is 7.97. The summed E-state index contributed by atoms with van der Waals surface area (Å²) in [5.74, 6) is -4.00. The van der Waals surface area contributed by atoms with Crippen molar-refractivity contribution in [2.45, 2.75) is 11.3 Å². The lowest BCUT2D eigenvalue weighted by molar-refractivity contribution is -0.147. The van der Waals surface area contributed by atoms with Gasteiger partial charge in [0.05, 0.1) is 17.4 Å². The van der Waals surface area contributed by atoms with E-state index in [1.165, 1.54) is 0 Å². The largest absolute Gasteiger partial charge is 0.456 e. The Morgan fingerprint density at radius 1 is 1.10 bits per heavy atom. The minimum Gasteiger partial charge on any atom is -0.456 e. The number of nitrogens with one attached hydrogen (secondary N) is 1. The second-order valence-corrected chi connectivity index (χ2v) is 7.62. The second-order valence-electron chi connectivity index (χ2n) is 5.86. The minimum atomic E-state index is -4.16. The van der Waals surface area contributed by atoms with Gasteiger partial charge in [-0.25, -0.2) is 21.9 Å². The fraction of sp³-hybridized carbons (Fsp3) is 0.211. The zero-order chi connectivity index (χ0) is 22.1. The van der Waals surface area contributed by atoms with Gasteiger partial charge in [-0.2, -0.15) is 5.26 Å². The predicted octanol–water partition coefficient (Wildman–Crippen LogP) is 1.73. The van der Waals surface area contributed by atoms with Crippen LogP contribution in [0.15, 0.2) is 53.4 Å². The summed E-state index contributed by atoms with van der Waals surface area (Å²) < 4.78 is 57.0. The van der Waals surface area contributed by atoms with E-state index in [0.717, 1.165) is 11.0 Å². The number of benzene rings is 2. The molecule has 0 aliphatic heterocycles. The molecule has 0 radical (unpaired) electrons. The molecule has 30 heavy (non-hydrogen) atoms. The minimum absolute atomic E-state index is 0.242. The van der Waals surface area contributed by atoms with Gasteiger partial charge in [0, 0.05) is 12.2 Å². The predicted molar refractivity (Wildman–Crippen MR) is 102 cm³/mol. The smallest absolute Gasteiger partial charge is 0.307 e. The highest BCUT2D eigenvalue weighted by atomic mass is 32.2. The molecule has 0 saturated heterocycles. The maximum absolute atomic E-state index is 13.2. The number of carbonyl (C=O) groups excluding carboxylic acids is 2. The van der Waals surface area contributed by atoms with Gasteiger partial charge in [-0.15, -0.1) is 0 Å². The van der Waals surface area contributed by atoms with Crippen LogP contribution in [-0.4, -0.2) is 40.0 Å². The molecule has 0 heterocycles. The van der Waals surface area contributed by atoms with Gasteiger partial charge in [0.1, 0.15) is 6.54 Å². The van der Waals surface area contributed by atoms with Gasteiger partial charge in [0.15, 0.2) is 18.2 Å². The summed E-state index contributed by atoms with van der Waals surface area (Å²) in [6, 6.07) is 12.2. The third-order valence-electron chi connectivity index (χ3n) is 3.78. The van der Waals surface area contributed by atoms with Crippen LogP contribution in [0.1, 0.15) is 6.42 Å². The Morgan fingerprint density at radius 2 is 1.80 bits per heavy atom. The molecule has 0 aliphatic carbocycles. The molecule has 0 atom stereocenters. The summed E-state index contributed by atoms with van der Waals surface area (Å²) in [6.07, 6.45) is -0.403. The lowest BCUT2D eigenvalue weighted by Gasteiger charge is -2.19. The van der Waals surface area contributed by atoms with Crippen LogP contribution >= 0.6 is 0 Å². The number of amides is 1. The van der Waals surface area contributed by atoms with Crippen molar-refractivity contribution < 1.29 is 31.5 Å². The van der Waals surface area contributed by atoms with Crippen LogP contribution in [-0.2, 0) is 24.3 Å². The molecule has 0 saturated carbocycles. The summed E-state index contributed by atoms with van der Waals surface area (Å²) in [5.41, 5.74) is 0.458. The number of para-hydroxylation sites is 1. The summed E-state index contributed by atoms with van der Waals surface area (Å²) >= 11 is 0. The first-order valence-electron chi connectivity index (χ1n) is 8.57. The first kappa shape index (κ1) is 22.9. The van der Waals surface area contributed by atoms with E-state index in [0.29, 0.717) is 17.8 Å². The molecule has 2 rings (SSSR count). The van der Waals surface area contributed by atoms with Gasteiger partial charge in [0.2, 0.25) is 10.0 Å². The van der Waals surface area contributed by atoms with Crippen molar-refractivity contribution in [2.24, 2.45) is 0 Å². The Morgan fingerprint density at radius 3 is 2.43 bits per heavy atom. The van der Waals surface area contributed by atoms with E-state index in [4.69, 9.17) is 10.00 Å². The van der Waals surface area contributed by atoms with E-state index in [9.17, 15) is 26.8 Å². The highest BCUT2D eigenvalue weighted by Gasteiger charge is 2.19. The molecule has 2 aromatic rings. The monoisotopic (exact) mass is 437 g/mol. The molecule has 0 bridgehead atoms. The molecule has 0 spiro atoms. The van der Waals surface area contributed by atoms with Crippen molar-refractivity contribution in [3.05, 3.63) is 60.2 Å². The highest BCUT2D eigenvalue weighted by Crippen LogP contribution is 2.14. The van der Waals surface area contributed by atoms with E-state index in [1.54, 1.807) is 30.3 Å². The van der Waals surface area contributed by atoms with E-state index in [2.05, 4.69) is 4.72 Å². The normalized spacial score (nSPS) is 10.8. The van der Waals surface area contributed by atoms with Crippen molar-refractivity contribution in [1.82, 2.24) is 4.72 Å². The molecule has 0 aliphatic rings. The van der Waals surface area contributed by atoms with Crippen LogP contribution in [0.3, 0.4) is 0 Å².